The third-order valence-corrected chi connectivity index (χ3v) is 3.65. The van der Waals surface area contributed by atoms with Crippen LogP contribution in [0.1, 0.15) is 25.1 Å². The van der Waals surface area contributed by atoms with Gasteiger partial charge in [-0.05, 0) is 20.8 Å². The molecule has 6 nitrogen and oxygen atoms in total. The summed E-state index contributed by atoms with van der Waals surface area (Å²) in [5, 5.41) is 11.7. The highest BCUT2D eigenvalue weighted by molar-refractivity contribution is 6.30. The Morgan fingerprint density at radius 1 is 1.40 bits per heavy atom. The van der Waals surface area contributed by atoms with Gasteiger partial charge in [0.2, 0.25) is 5.91 Å². The third-order valence-electron chi connectivity index (χ3n) is 3.46. The topological polar surface area (TPSA) is 64.7 Å². The number of carbonyl (C=O) groups is 1. The highest BCUT2D eigenvalue weighted by Gasteiger charge is 2.30. The fraction of sp³-hybridized carbons (Fsp3) is 0.462. The zero-order valence-electron chi connectivity index (χ0n) is 12.0. The maximum atomic E-state index is 12.3. The normalized spacial score (nSPS) is 11.7. The number of carbonyl (C=O) groups excluding carboxylic acids is 1. The molecule has 0 atom stereocenters. The van der Waals surface area contributed by atoms with E-state index in [2.05, 4.69) is 15.5 Å². The predicted molar refractivity (Wildman–Crippen MR) is 76.4 cm³/mol. The molecular weight excluding hydrogens is 278 g/mol. The molecule has 108 valence electrons. The first-order valence-electron chi connectivity index (χ1n) is 6.29. The van der Waals surface area contributed by atoms with Crippen molar-refractivity contribution in [1.29, 1.82) is 0 Å². The zero-order valence-corrected chi connectivity index (χ0v) is 12.8. The molecule has 1 N–H and O–H groups in total. The lowest BCUT2D eigenvalue weighted by Crippen LogP contribution is -2.44. The standard InChI is InChI=1S/C13H18ClN5O/c1-9-10(6-16-18(9)4)5-15-12(20)13(2,3)19-8-11(14)7-17-19/h6-8H,5H2,1-4H3,(H,15,20). The minimum absolute atomic E-state index is 0.125. The Morgan fingerprint density at radius 2 is 2.10 bits per heavy atom. The number of hydrogen-bond donors (Lipinski definition) is 1. The molecule has 2 heterocycles. The molecule has 0 aliphatic heterocycles. The highest BCUT2D eigenvalue weighted by Crippen LogP contribution is 2.17. The van der Waals surface area contributed by atoms with E-state index in [4.69, 9.17) is 11.6 Å². The summed E-state index contributed by atoms with van der Waals surface area (Å²) in [6.45, 7) is 5.99. The van der Waals surface area contributed by atoms with Gasteiger partial charge < -0.3 is 5.32 Å². The monoisotopic (exact) mass is 295 g/mol. The molecule has 0 fully saturated rings. The second-order valence-corrected chi connectivity index (χ2v) is 5.66. The van der Waals surface area contributed by atoms with E-state index in [1.54, 1.807) is 35.6 Å². The van der Waals surface area contributed by atoms with E-state index in [1.165, 1.54) is 6.20 Å². The molecule has 0 radical (unpaired) electrons. The first-order valence-corrected chi connectivity index (χ1v) is 6.66. The van der Waals surface area contributed by atoms with Crippen LogP contribution in [-0.4, -0.2) is 25.5 Å². The molecule has 0 unspecified atom stereocenters. The Hall–Kier alpha value is -1.82. The number of halogens is 1. The molecule has 0 bridgehead atoms. The van der Waals surface area contributed by atoms with Crippen LogP contribution in [0, 0.1) is 6.92 Å². The van der Waals surface area contributed by atoms with E-state index < -0.39 is 5.54 Å². The van der Waals surface area contributed by atoms with E-state index >= 15 is 0 Å². The molecule has 1 amide bonds. The fourth-order valence-electron chi connectivity index (χ4n) is 1.82. The minimum Gasteiger partial charge on any atom is -0.350 e. The van der Waals surface area contributed by atoms with Crippen molar-refractivity contribution >= 4 is 17.5 Å². The lowest BCUT2D eigenvalue weighted by atomic mass is 10.0. The largest absolute Gasteiger partial charge is 0.350 e. The van der Waals surface area contributed by atoms with Crippen LogP contribution in [-0.2, 0) is 23.9 Å². The second kappa shape index (κ2) is 5.28. The number of hydrogen-bond acceptors (Lipinski definition) is 3. The molecule has 0 spiro atoms. The van der Waals surface area contributed by atoms with Crippen molar-refractivity contribution in [2.24, 2.45) is 7.05 Å². The Labute approximate surface area is 122 Å². The maximum Gasteiger partial charge on any atom is 0.247 e. The number of aromatic nitrogens is 4. The van der Waals surface area contributed by atoms with E-state index in [9.17, 15) is 4.79 Å². The van der Waals surface area contributed by atoms with Crippen LogP contribution >= 0.6 is 11.6 Å². The van der Waals surface area contributed by atoms with Gasteiger partial charge in [-0.15, -0.1) is 0 Å². The maximum absolute atomic E-state index is 12.3. The molecule has 0 saturated heterocycles. The van der Waals surface area contributed by atoms with Crippen molar-refractivity contribution in [3.05, 3.63) is 34.9 Å². The van der Waals surface area contributed by atoms with Crippen LogP contribution in [0.25, 0.3) is 0 Å². The Kier molecular flexibility index (Phi) is 3.85. The van der Waals surface area contributed by atoms with Crippen molar-refractivity contribution in [2.45, 2.75) is 32.9 Å². The van der Waals surface area contributed by atoms with Crippen LogP contribution in [0.3, 0.4) is 0 Å². The van der Waals surface area contributed by atoms with Crippen molar-refractivity contribution in [1.82, 2.24) is 24.9 Å². The van der Waals surface area contributed by atoms with Crippen LogP contribution in [0.5, 0.6) is 0 Å². The molecule has 7 heteroatoms. The summed E-state index contributed by atoms with van der Waals surface area (Å²) in [4.78, 5) is 12.3. The van der Waals surface area contributed by atoms with Gasteiger partial charge in [0.05, 0.1) is 17.4 Å². The molecule has 0 saturated carbocycles. The minimum atomic E-state index is -0.802. The fourth-order valence-corrected chi connectivity index (χ4v) is 1.96. The zero-order chi connectivity index (χ0) is 14.9. The van der Waals surface area contributed by atoms with Crippen molar-refractivity contribution in [3.63, 3.8) is 0 Å². The summed E-state index contributed by atoms with van der Waals surface area (Å²) < 4.78 is 3.33. The van der Waals surface area contributed by atoms with Gasteiger partial charge in [0, 0.05) is 31.0 Å². The molecule has 0 aromatic carbocycles. The lowest BCUT2D eigenvalue weighted by molar-refractivity contribution is -0.129. The van der Waals surface area contributed by atoms with Gasteiger partial charge in [0.15, 0.2) is 0 Å². The van der Waals surface area contributed by atoms with Crippen LogP contribution in [0.15, 0.2) is 18.6 Å². The highest BCUT2D eigenvalue weighted by atomic mass is 35.5. The van der Waals surface area contributed by atoms with Gasteiger partial charge in [-0.2, -0.15) is 10.2 Å². The second-order valence-electron chi connectivity index (χ2n) is 5.22. The summed E-state index contributed by atoms with van der Waals surface area (Å²) in [6, 6.07) is 0. The third kappa shape index (κ3) is 2.70. The number of aryl methyl sites for hydroxylation is 1. The lowest BCUT2D eigenvalue weighted by Gasteiger charge is -2.24. The number of rotatable bonds is 4. The summed E-state index contributed by atoms with van der Waals surface area (Å²) in [7, 11) is 1.87. The average Bonchev–Trinajstić information content (AvgIpc) is 2.96. The number of nitrogens with one attached hydrogen (secondary N) is 1. The Bertz CT molecular complexity index is 628. The molecule has 2 aromatic rings. The molecule has 2 aromatic heterocycles. The van der Waals surface area contributed by atoms with Crippen molar-refractivity contribution < 1.29 is 4.79 Å². The van der Waals surface area contributed by atoms with E-state index in [-0.39, 0.29) is 5.91 Å². The van der Waals surface area contributed by atoms with Gasteiger partial charge in [-0.3, -0.25) is 14.2 Å². The quantitative estimate of drug-likeness (QED) is 0.932. The number of amides is 1. The first-order chi connectivity index (χ1) is 9.32. The van der Waals surface area contributed by atoms with Crippen LogP contribution in [0.2, 0.25) is 5.02 Å². The number of nitrogens with zero attached hydrogens (tertiary/aromatic N) is 4. The van der Waals surface area contributed by atoms with Crippen molar-refractivity contribution in [2.75, 3.05) is 0 Å². The Balaban J connectivity index is 2.06. The van der Waals surface area contributed by atoms with Crippen LogP contribution < -0.4 is 5.32 Å². The SMILES string of the molecule is Cc1c(CNC(=O)C(C)(C)n2cc(Cl)cn2)cnn1C. The Morgan fingerprint density at radius 3 is 2.60 bits per heavy atom. The summed E-state index contributed by atoms with van der Waals surface area (Å²) in [6.07, 6.45) is 4.91. The molecule has 0 aliphatic carbocycles. The van der Waals surface area contributed by atoms with Gasteiger partial charge in [0.25, 0.3) is 0 Å². The molecule has 20 heavy (non-hydrogen) atoms. The smallest absolute Gasteiger partial charge is 0.247 e. The summed E-state index contributed by atoms with van der Waals surface area (Å²) >= 11 is 5.84. The molecule has 2 rings (SSSR count). The average molecular weight is 296 g/mol. The first kappa shape index (κ1) is 14.6. The van der Waals surface area contributed by atoms with Crippen molar-refractivity contribution in [3.8, 4) is 0 Å². The van der Waals surface area contributed by atoms with Crippen LogP contribution in [0.4, 0.5) is 0 Å². The van der Waals surface area contributed by atoms with Gasteiger partial charge >= 0.3 is 0 Å². The van der Waals surface area contributed by atoms with Gasteiger partial charge in [0.1, 0.15) is 5.54 Å². The van der Waals surface area contributed by atoms with Gasteiger partial charge in [-0.1, -0.05) is 11.6 Å². The summed E-state index contributed by atoms with van der Waals surface area (Å²) in [5.74, 6) is -0.125. The van der Waals surface area contributed by atoms with E-state index in [0.717, 1.165) is 11.3 Å². The van der Waals surface area contributed by atoms with E-state index in [0.29, 0.717) is 11.6 Å². The van der Waals surface area contributed by atoms with Gasteiger partial charge in [-0.25, -0.2) is 0 Å². The molecular formula is C13H18ClN5O. The predicted octanol–water partition coefficient (Wildman–Crippen LogP) is 1.63. The molecule has 0 aliphatic rings. The summed E-state index contributed by atoms with van der Waals surface area (Å²) in [5.41, 5.74) is 1.23. The van der Waals surface area contributed by atoms with E-state index in [1.807, 2.05) is 14.0 Å².